The number of fused-ring (bicyclic) bond motifs is 3. The molecule has 1 aromatic carbocycles. The number of urea groups is 1. The first-order valence-corrected chi connectivity index (χ1v) is 11.5. The third-order valence-corrected chi connectivity index (χ3v) is 7.06. The minimum absolute atomic E-state index is 0.00917. The van der Waals surface area contributed by atoms with Crippen LogP contribution in [0.3, 0.4) is 0 Å². The van der Waals surface area contributed by atoms with Crippen LogP contribution in [0.25, 0.3) is 0 Å². The summed E-state index contributed by atoms with van der Waals surface area (Å²) in [4.78, 5) is 39.0. The minimum Gasteiger partial charge on any atom is -0.383 e. The number of nitrogens with one attached hydrogen (secondary N) is 3. The Bertz CT molecular complexity index is 863. The maximum Gasteiger partial charge on any atom is 0.312 e. The minimum atomic E-state index is -0.741. The number of likely N-dealkylation sites (tertiary alicyclic amines) is 1. The number of ether oxygens (including phenoxy) is 1. The Hall–Kier alpha value is -2.81. The molecule has 5 atom stereocenters. The van der Waals surface area contributed by atoms with Crippen LogP contribution in [0.15, 0.2) is 24.3 Å². The lowest BCUT2D eigenvalue weighted by Crippen LogP contribution is -2.52. The monoisotopic (exact) mass is 443 g/mol. The molecule has 32 heavy (non-hydrogen) atoms. The van der Waals surface area contributed by atoms with Gasteiger partial charge in [0, 0.05) is 31.3 Å². The van der Waals surface area contributed by atoms with Gasteiger partial charge in [-0.25, -0.2) is 4.79 Å². The van der Waals surface area contributed by atoms with E-state index in [0.717, 1.165) is 43.4 Å². The van der Waals surface area contributed by atoms with Crippen molar-refractivity contribution in [2.45, 2.75) is 50.2 Å². The number of anilines is 1. The van der Waals surface area contributed by atoms with Crippen molar-refractivity contribution in [3.8, 4) is 0 Å². The highest BCUT2D eigenvalue weighted by Gasteiger charge is 2.48. The molecule has 1 aromatic rings. The van der Waals surface area contributed by atoms with E-state index >= 15 is 0 Å². The number of methoxy groups -OCH3 is 1. The van der Waals surface area contributed by atoms with E-state index in [9.17, 15) is 14.4 Å². The molecule has 9 heteroatoms. The Labute approximate surface area is 188 Å². The first-order valence-electron chi connectivity index (χ1n) is 11.5. The second-order valence-corrected chi connectivity index (χ2v) is 9.01. The van der Waals surface area contributed by atoms with E-state index in [1.165, 1.54) is 0 Å². The van der Waals surface area contributed by atoms with E-state index in [4.69, 9.17) is 10.5 Å². The molecule has 0 aromatic heterocycles. The van der Waals surface area contributed by atoms with Crippen LogP contribution in [0.1, 0.15) is 43.7 Å². The summed E-state index contributed by atoms with van der Waals surface area (Å²) in [5.74, 6) is -0.188. The molecule has 5 N–H and O–H groups in total. The van der Waals surface area contributed by atoms with Gasteiger partial charge in [-0.1, -0.05) is 31.0 Å². The number of carbonyl (C=O) groups is 3. The first kappa shape index (κ1) is 22.4. The highest BCUT2D eigenvalue weighted by molar-refractivity contribution is 5.85. The molecular weight excluding hydrogens is 410 g/mol. The van der Waals surface area contributed by atoms with E-state index in [-0.39, 0.29) is 48.3 Å². The van der Waals surface area contributed by atoms with Crippen molar-refractivity contribution < 1.29 is 19.1 Å². The molecule has 1 saturated carbocycles. The van der Waals surface area contributed by atoms with E-state index in [2.05, 4.69) is 28.1 Å². The summed E-state index contributed by atoms with van der Waals surface area (Å²) in [7, 11) is 1.71. The van der Waals surface area contributed by atoms with Gasteiger partial charge in [-0.2, -0.15) is 0 Å². The van der Waals surface area contributed by atoms with Crippen molar-refractivity contribution in [1.82, 2.24) is 15.5 Å². The quantitative estimate of drug-likeness (QED) is 0.528. The molecule has 2 heterocycles. The van der Waals surface area contributed by atoms with Gasteiger partial charge in [0.2, 0.25) is 11.8 Å². The summed E-state index contributed by atoms with van der Waals surface area (Å²) in [6.07, 6.45) is 4.35. The lowest BCUT2D eigenvalue weighted by atomic mass is 9.81. The number of hydrogen-bond donors (Lipinski definition) is 4. The summed E-state index contributed by atoms with van der Waals surface area (Å²) in [5, 5.41) is 8.87. The number of para-hydroxylation sites is 1. The summed E-state index contributed by atoms with van der Waals surface area (Å²) < 4.78 is 5.46. The van der Waals surface area contributed by atoms with Gasteiger partial charge in [-0.3, -0.25) is 9.59 Å². The predicted octanol–water partition coefficient (Wildman–Crippen LogP) is 1.36. The fraction of sp³-hybridized carbons (Fsp3) is 0.609. The van der Waals surface area contributed by atoms with Crippen molar-refractivity contribution in [3.63, 3.8) is 0 Å². The number of hydrogen-bond acceptors (Lipinski definition) is 5. The summed E-state index contributed by atoms with van der Waals surface area (Å²) >= 11 is 0. The molecule has 4 rings (SSSR count). The molecule has 174 valence electrons. The van der Waals surface area contributed by atoms with Crippen LogP contribution >= 0.6 is 0 Å². The Morgan fingerprint density at radius 2 is 1.97 bits per heavy atom. The van der Waals surface area contributed by atoms with Crippen LogP contribution in [0.5, 0.6) is 0 Å². The van der Waals surface area contributed by atoms with Gasteiger partial charge in [0.1, 0.15) is 0 Å². The number of rotatable bonds is 6. The first-order chi connectivity index (χ1) is 15.5. The maximum atomic E-state index is 13.8. The van der Waals surface area contributed by atoms with Crippen LogP contribution < -0.4 is 21.7 Å². The molecule has 1 aliphatic carbocycles. The maximum absolute atomic E-state index is 13.8. The van der Waals surface area contributed by atoms with Crippen molar-refractivity contribution in [3.05, 3.63) is 29.8 Å². The summed E-state index contributed by atoms with van der Waals surface area (Å²) in [6.45, 7) is 1.11. The molecular formula is C23H33N5O4. The molecule has 0 radical (unpaired) electrons. The second kappa shape index (κ2) is 9.77. The lowest BCUT2D eigenvalue weighted by molar-refractivity contribution is -0.139. The highest BCUT2D eigenvalue weighted by atomic mass is 16.5. The zero-order valence-corrected chi connectivity index (χ0v) is 18.5. The normalized spacial score (nSPS) is 28.8. The van der Waals surface area contributed by atoms with E-state index in [0.29, 0.717) is 13.2 Å². The van der Waals surface area contributed by atoms with Crippen LogP contribution in [0.4, 0.5) is 10.5 Å². The average molecular weight is 444 g/mol. The van der Waals surface area contributed by atoms with Crippen molar-refractivity contribution in [2.75, 3.05) is 32.1 Å². The van der Waals surface area contributed by atoms with Gasteiger partial charge < -0.3 is 31.3 Å². The SMILES string of the molecule is COC[C@@H]1Nc2ccccc2[C@H]2[C@@H]1CCN2C(=O)[C@H]1CCCC[C@H]1NC(=O)CNC(N)=O. The lowest BCUT2D eigenvalue weighted by Gasteiger charge is -2.41. The van der Waals surface area contributed by atoms with Crippen LogP contribution in [-0.2, 0) is 14.3 Å². The van der Waals surface area contributed by atoms with Gasteiger partial charge in [-0.05, 0) is 30.9 Å². The van der Waals surface area contributed by atoms with Crippen LogP contribution in [0.2, 0.25) is 0 Å². The number of benzene rings is 1. The van der Waals surface area contributed by atoms with Gasteiger partial charge in [0.05, 0.1) is 31.2 Å². The Kier molecular flexibility index (Phi) is 6.83. The van der Waals surface area contributed by atoms with Crippen molar-refractivity contribution >= 4 is 23.5 Å². The molecule has 3 aliphatic rings. The Morgan fingerprint density at radius 3 is 2.75 bits per heavy atom. The molecule has 2 aliphatic heterocycles. The summed E-state index contributed by atoms with van der Waals surface area (Å²) in [6, 6.07) is 7.37. The molecule has 2 fully saturated rings. The zero-order chi connectivity index (χ0) is 22.7. The molecule has 1 saturated heterocycles. The third-order valence-electron chi connectivity index (χ3n) is 7.06. The standard InChI is InChI=1S/C23H33N5O4/c1-32-13-19-15-10-11-28(21(15)14-6-2-4-8-17(14)26-19)22(30)16-7-3-5-9-18(16)27-20(29)12-25-23(24)31/h2,4,6,8,15-16,18-19,21,26H,3,5,7,9-13H2,1H3,(H,27,29)(H3,24,25,31)/t15-,16+,18-,19+,21+/m1/s1. The van der Waals surface area contributed by atoms with E-state index in [1.807, 2.05) is 17.0 Å². The Balaban J connectivity index is 1.53. The smallest absolute Gasteiger partial charge is 0.312 e. The molecule has 0 unspecified atom stereocenters. The predicted molar refractivity (Wildman–Crippen MR) is 120 cm³/mol. The molecule has 4 amide bonds. The number of primary amides is 1. The number of carbonyl (C=O) groups excluding carboxylic acids is 3. The van der Waals surface area contributed by atoms with Crippen LogP contribution in [-0.4, -0.2) is 61.6 Å². The van der Waals surface area contributed by atoms with Gasteiger partial charge in [0.15, 0.2) is 0 Å². The van der Waals surface area contributed by atoms with Gasteiger partial charge in [-0.15, -0.1) is 0 Å². The van der Waals surface area contributed by atoms with Crippen LogP contribution in [0, 0.1) is 11.8 Å². The second-order valence-electron chi connectivity index (χ2n) is 9.01. The summed E-state index contributed by atoms with van der Waals surface area (Å²) in [5.41, 5.74) is 7.27. The van der Waals surface area contributed by atoms with E-state index in [1.54, 1.807) is 7.11 Å². The third kappa shape index (κ3) is 4.53. The highest BCUT2D eigenvalue weighted by Crippen LogP contribution is 2.47. The molecule has 0 spiro atoms. The molecule has 0 bridgehead atoms. The fourth-order valence-corrected chi connectivity index (χ4v) is 5.66. The van der Waals surface area contributed by atoms with Gasteiger partial charge >= 0.3 is 6.03 Å². The average Bonchev–Trinajstić information content (AvgIpc) is 3.24. The topological polar surface area (TPSA) is 126 Å². The van der Waals surface area contributed by atoms with Crippen molar-refractivity contribution in [2.24, 2.45) is 17.6 Å². The van der Waals surface area contributed by atoms with E-state index < -0.39 is 6.03 Å². The molecule has 9 nitrogen and oxygen atoms in total. The number of amides is 4. The van der Waals surface area contributed by atoms with Gasteiger partial charge in [0.25, 0.3) is 0 Å². The fourth-order valence-electron chi connectivity index (χ4n) is 5.66. The largest absolute Gasteiger partial charge is 0.383 e. The zero-order valence-electron chi connectivity index (χ0n) is 18.5. The Morgan fingerprint density at radius 1 is 1.19 bits per heavy atom. The van der Waals surface area contributed by atoms with Crippen molar-refractivity contribution in [1.29, 1.82) is 0 Å². The number of nitrogens with zero attached hydrogens (tertiary/aromatic N) is 1. The number of nitrogens with two attached hydrogens (primary N) is 1.